The van der Waals surface area contributed by atoms with E-state index in [2.05, 4.69) is 38.4 Å². The van der Waals surface area contributed by atoms with E-state index in [-0.39, 0.29) is 5.91 Å². The van der Waals surface area contributed by atoms with Crippen molar-refractivity contribution in [1.82, 2.24) is 20.2 Å². The van der Waals surface area contributed by atoms with Crippen molar-refractivity contribution < 1.29 is 9.53 Å². The van der Waals surface area contributed by atoms with Gasteiger partial charge in [-0.15, -0.1) is 0 Å². The van der Waals surface area contributed by atoms with Crippen LogP contribution in [-0.4, -0.2) is 60.2 Å². The van der Waals surface area contributed by atoms with E-state index in [0.717, 1.165) is 75.6 Å². The summed E-state index contributed by atoms with van der Waals surface area (Å²) in [5, 5.41) is 4.28. The highest BCUT2D eigenvalue weighted by Crippen LogP contribution is 2.30. The van der Waals surface area contributed by atoms with Gasteiger partial charge in [-0.3, -0.25) is 14.7 Å². The van der Waals surface area contributed by atoms with Crippen molar-refractivity contribution >= 4 is 16.8 Å². The number of pyridine rings is 1. The van der Waals surface area contributed by atoms with E-state index >= 15 is 0 Å². The molecule has 3 aromatic rings. The maximum atomic E-state index is 12.3. The number of para-hydroxylation sites is 1. The smallest absolute Gasteiger partial charge is 0.220 e. The number of benzene rings is 1. The number of hydrogen-bond acceptors (Lipinski definition) is 4. The first-order chi connectivity index (χ1) is 14.8. The minimum atomic E-state index is 0.135. The molecule has 1 aliphatic rings. The summed E-state index contributed by atoms with van der Waals surface area (Å²) in [5.41, 5.74) is 4.35. The van der Waals surface area contributed by atoms with Gasteiger partial charge < -0.3 is 15.0 Å². The maximum Gasteiger partial charge on any atom is 0.220 e. The first kappa shape index (κ1) is 20.6. The zero-order valence-corrected chi connectivity index (χ0v) is 17.4. The van der Waals surface area contributed by atoms with E-state index in [1.807, 2.05) is 30.5 Å². The number of nitrogens with zero attached hydrogens (tertiary/aromatic N) is 2. The van der Waals surface area contributed by atoms with E-state index in [4.69, 9.17) is 4.74 Å². The van der Waals surface area contributed by atoms with Crippen molar-refractivity contribution in [3.8, 4) is 11.4 Å². The number of aromatic nitrogens is 2. The fourth-order valence-electron chi connectivity index (χ4n) is 4.06. The van der Waals surface area contributed by atoms with Crippen LogP contribution in [0.25, 0.3) is 22.3 Å². The number of fused-ring (bicyclic) bond motifs is 1. The summed E-state index contributed by atoms with van der Waals surface area (Å²) in [4.78, 5) is 22.7. The van der Waals surface area contributed by atoms with E-state index in [1.165, 1.54) is 10.9 Å². The van der Waals surface area contributed by atoms with Crippen LogP contribution in [-0.2, 0) is 16.0 Å². The molecule has 4 rings (SSSR count). The Balaban J connectivity index is 1.29. The lowest BCUT2D eigenvalue weighted by atomic mass is 10.0. The third-order valence-electron chi connectivity index (χ3n) is 5.64. The summed E-state index contributed by atoms with van der Waals surface area (Å²) in [6.45, 7) is 5.39. The molecule has 1 fully saturated rings. The second-order valence-corrected chi connectivity index (χ2v) is 7.75. The zero-order chi connectivity index (χ0) is 20.6. The molecular formula is C24H30N4O2. The Morgan fingerprint density at radius 3 is 2.77 bits per heavy atom. The highest BCUT2D eigenvalue weighted by Gasteiger charge is 2.14. The maximum absolute atomic E-state index is 12.3. The number of ether oxygens (including phenoxy) is 1. The minimum Gasteiger partial charge on any atom is -0.379 e. The summed E-state index contributed by atoms with van der Waals surface area (Å²) in [7, 11) is 0. The Bertz CT molecular complexity index is 948. The van der Waals surface area contributed by atoms with Crippen LogP contribution in [0.1, 0.15) is 24.8 Å². The number of aryl methyl sites for hydroxylation is 1. The lowest BCUT2D eigenvalue weighted by Crippen LogP contribution is -2.38. The lowest BCUT2D eigenvalue weighted by molar-refractivity contribution is -0.121. The Labute approximate surface area is 177 Å². The molecule has 30 heavy (non-hydrogen) atoms. The molecule has 0 saturated carbocycles. The molecule has 2 N–H and O–H groups in total. The minimum absolute atomic E-state index is 0.135. The third-order valence-corrected chi connectivity index (χ3v) is 5.64. The predicted molar refractivity (Wildman–Crippen MR) is 119 cm³/mol. The van der Waals surface area contributed by atoms with Crippen LogP contribution in [0.5, 0.6) is 0 Å². The molecule has 1 aliphatic heterocycles. The van der Waals surface area contributed by atoms with E-state index in [1.54, 1.807) is 0 Å². The van der Waals surface area contributed by atoms with Gasteiger partial charge in [-0.1, -0.05) is 24.3 Å². The highest BCUT2D eigenvalue weighted by atomic mass is 16.5. The van der Waals surface area contributed by atoms with Crippen molar-refractivity contribution in [3.63, 3.8) is 0 Å². The molecular weight excluding hydrogens is 376 g/mol. The first-order valence-corrected chi connectivity index (χ1v) is 10.9. The van der Waals surface area contributed by atoms with E-state index < -0.39 is 0 Å². The summed E-state index contributed by atoms with van der Waals surface area (Å²) >= 11 is 0. The SMILES string of the molecule is O=C(CCCc1c(-c2ccccn2)[nH]c2ccccc12)NCCCN1CCOCC1. The fourth-order valence-corrected chi connectivity index (χ4v) is 4.06. The number of amides is 1. The average molecular weight is 407 g/mol. The van der Waals surface area contributed by atoms with E-state index in [0.29, 0.717) is 6.42 Å². The topological polar surface area (TPSA) is 70.2 Å². The molecule has 1 aromatic carbocycles. The van der Waals surface area contributed by atoms with Crippen LogP contribution in [0.3, 0.4) is 0 Å². The second-order valence-electron chi connectivity index (χ2n) is 7.75. The van der Waals surface area contributed by atoms with Crippen LogP contribution in [0.4, 0.5) is 0 Å². The second kappa shape index (κ2) is 10.4. The predicted octanol–water partition coefficient (Wildman–Crippen LogP) is 3.39. The van der Waals surface area contributed by atoms with Gasteiger partial charge in [0.25, 0.3) is 0 Å². The summed E-state index contributed by atoms with van der Waals surface area (Å²) < 4.78 is 5.36. The molecule has 158 valence electrons. The van der Waals surface area contributed by atoms with Gasteiger partial charge in [-0.2, -0.15) is 0 Å². The Kier molecular flexibility index (Phi) is 7.11. The first-order valence-electron chi connectivity index (χ1n) is 10.9. The molecule has 0 aliphatic carbocycles. The average Bonchev–Trinajstić information content (AvgIpc) is 3.17. The van der Waals surface area contributed by atoms with Gasteiger partial charge in [-0.25, -0.2) is 0 Å². The van der Waals surface area contributed by atoms with Crippen LogP contribution < -0.4 is 5.32 Å². The van der Waals surface area contributed by atoms with Crippen molar-refractivity contribution in [3.05, 3.63) is 54.2 Å². The van der Waals surface area contributed by atoms with Crippen LogP contribution in [0, 0.1) is 0 Å². The standard InChI is InChI=1S/C24H30N4O2/c29-23(26-13-6-14-28-15-17-30-18-16-28)11-5-8-20-19-7-1-2-9-21(19)27-24(20)22-10-3-4-12-25-22/h1-4,7,9-10,12,27H,5-6,8,11,13-18H2,(H,26,29). The monoisotopic (exact) mass is 406 g/mol. The number of carbonyl (C=O) groups is 1. The molecule has 0 bridgehead atoms. The Morgan fingerprint density at radius 1 is 1.10 bits per heavy atom. The number of aromatic amines is 1. The van der Waals surface area contributed by atoms with Gasteiger partial charge in [0.05, 0.1) is 24.6 Å². The highest BCUT2D eigenvalue weighted by molar-refractivity contribution is 5.90. The van der Waals surface area contributed by atoms with Gasteiger partial charge in [-0.05, 0) is 49.6 Å². The number of nitrogens with one attached hydrogen (secondary N) is 2. The van der Waals surface area contributed by atoms with Gasteiger partial charge in [0.2, 0.25) is 5.91 Å². The van der Waals surface area contributed by atoms with Crippen molar-refractivity contribution in [2.45, 2.75) is 25.7 Å². The quantitative estimate of drug-likeness (QED) is 0.535. The van der Waals surface area contributed by atoms with Crippen LogP contribution in [0.15, 0.2) is 48.7 Å². The third kappa shape index (κ3) is 5.26. The van der Waals surface area contributed by atoms with Crippen LogP contribution >= 0.6 is 0 Å². The van der Waals surface area contributed by atoms with E-state index in [9.17, 15) is 4.79 Å². The molecule has 0 unspecified atom stereocenters. The van der Waals surface area contributed by atoms with Crippen molar-refractivity contribution in [1.29, 1.82) is 0 Å². The number of hydrogen-bond donors (Lipinski definition) is 2. The fraction of sp³-hybridized carbons (Fsp3) is 0.417. The van der Waals surface area contributed by atoms with Gasteiger partial charge in [0.15, 0.2) is 0 Å². The molecule has 1 amide bonds. The molecule has 3 heterocycles. The summed E-state index contributed by atoms with van der Waals surface area (Å²) in [5.74, 6) is 0.135. The van der Waals surface area contributed by atoms with Gasteiger partial charge in [0.1, 0.15) is 0 Å². The molecule has 0 atom stereocenters. The molecule has 0 spiro atoms. The number of H-pyrrole nitrogens is 1. The lowest BCUT2D eigenvalue weighted by Gasteiger charge is -2.26. The molecule has 2 aromatic heterocycles. The summed E-state index contributed by atoms with van der Waals surface area (Å²) in [6.07, 6.45) is 5.00. The Hall–Kier alpha value is -2.70. The number of morpholine rings is 1. The summed E-state index contributed by atoms with van der Waals surface area (Å²) in [6, 6.07) is 14.3. The molecule has 1 saturated heterocycles. The van der Waals surface area contributed by atoms with Crippen molar-refractivity contribution in [2.24, 2.45) is 0 Å². The van der Waals surface area contributed by atoms with Crippen LogP contribution in [0.2, 0.25) is 0 Å². The van der Waals surface area contributed by atoms with Crippen molar-refractivity contribution in [2.75, 3.05) is 39.4 Å². The largest absolute Gasteiger partial charge is 0.379 e. The molecule has 6 heteroatoms. The van der Waals surface area contributed by atoms with Gasteiger partial charge >= 0.3 is 0 Å². The van der Waals surface area contributed by atoms with Gasteiger partial charge in [0, 0.05) is 43.2 Å². The normalized spacial score (nSPS) is 14.8. The molecule has 6 nitrogen and oxygen atoms in total. The molecule has 0 radical (unpaired) electrons. The Morgan fingerprint density at radius 2 is 1.93 bits per heavy atom. The number of rotatable bonds is 9. The zero-order valence-electron chi connectivity index (χ0n) is 17.4. The number of carbonyl (C=O) groups excluding carboxylic acids is 1.